The first-order valence-electron chi connectivity index (χ1n) is 6.62. The summed E-state index contributed by atoms with van der Waals surface area (Å²) in [4.78, 5) is 25.6. The number of carbonyl (C=O) groups excluding carboxylic acids is 2. The van der Waals surface area contributed by atoms with Gasteiger partial charge in [0.15, 0.2) is 0 Å². The molecule has 0 fully saturated rings. The van der Waals surface area contributed by atoms with Gasteiger partial charge < -0.3 is 4.74 Å². The van der Waals surface area contributed by atoms with Gasteiger partial charge in [-0.15, -0.1) is 0 Å². The maximum Gasteiger partial charge on any atom is 0.331 e. The van der Waals surface area contributed by atoms with E-state index in [2.05, 4.69) is 6.58 Å². The molecule has 2 aromatic rings. The van der Waals surface area contributed by atoms with E-state index >= 15 is 0 Å². The van der Waals surface area contributed by atoms with E-state index in [9.17, 15) is 9.59 Å². The van der Waals surface area contributed by atoms with Crippen LogP contribution >= 0.6 is 11.6 Å². The van der Waals surface area contributed by atoms with E-state index in [1.807, 2.05) is 6.07 Å². The van der Waals surface area contributed by atoms with Crippen LogP contribution in [0.5, 0.6) is 5.75 Å². The van der Waals surface area contributed by atoms with E-state index in [0.29, 0.717) is 22.0 Å². The third kappa shape index (κ3) is 2.61. The molecule has 0 unspecified atom stereocenters. The zero-order valence-corrected chi connectivity index (χ0v) is 12.3. The molecule has 1 heterocycles. The number of fused-ring (bicyclic) bond motifs is 1. The van der Waals surface area contributed by atoms with Crippen molar-refractivity contribution in [1.82, 2.24) is 4.90 Å². The molecule has 0 saturated heterocycles. The van der Waals surface area contributed by atoms with E-state index in [-0.39, 0.29) is 12.5 Å². The molecule has 110 valence electrons. The highest BCUT2D eigenvalue weighted by molar-refractivity contribution is 6.30. The Kier molecular flexibility index (Phi) is 3.69. The van der Waals surface area contributed by atoms with Crippen molar-refractivity contribution in [3.63, 3.8) is 0 Å². The van der Waals surface area contributed by atoms with Crippen LogP contribution in [0.2, 0.25) is 5.02 Å². The van der Waals surface area contributed by atoms with Crippen molar-refractivity contribution in [2.75, 3.05) is 6.54 Å². The van der Waals surface area contributed by atoms with Crippen molar-refractivity contribution in [3.05, 3.63) is 71.3 Å². The van der Waals surface area contributed by atoms with Crippen LogP contribution in [-0.4, -0.2) is 23.3 Å². The predicted molar refractivity (Wildman–Crippen MR) is 83.6 cm³/mol. The highest BCUT2D eigenvalue weighted by atomic mass is 35.5. The minimum Gasteiger partial charge on any atom is -0.425 e. The molecule has 3 rings (SSSR count). The molecular formula is C17H12ClNO3. The summed E-state index contributed by atoms with van der Waals surface area (Å²) in [6, 6.07) is 13.6. The molecule has 0 radical (unpaired) electrons. The lowest BCUT2D eigenvalue weighted by Gasteiger charge is -2.16. The fraction of sp³-hybridized carbons (Fsp3) is 0.0588. The Balaban J connectivity index is 1.71. The number of carbonyl (C=O) groups is 2. The monoisotopic (exact) mass is 313 g/mol. The molecule has 0 spiro atoms. The molecule has 4 nitrogen and oxygen atoms in total. The van der Waals surface area contributed by atoms with Crippen LogP contribution in [0, 0.1) is 0 Å². The molecule has 1 aliphatic heterocycles. The highest BCUT2D eigenvalue weighted by Crippen LogP contribution is 2.30. The van der Waals surface area contributed by atoms with Crippen LogP contribution in [0.1, 0.15) is 15.9 Å². The molecule has 0 bridgehead atoms. The van der Waals surface area contributed by atoms with E-state index < -0.39 is 5.97 Å². The number of nitrogens with zero attached hydrogens (tertiary/aromatic N) is 1. The molecule has 0 atom stereocenters. The van der Waals surface area contributed by atoms with Gasteiger partial charge in [0.1, 0.15) is 12.3 Å². The first kappa shape index (κ1) is 14.4. The number of amides is 1. The summed E-state index contributed by atoms with van der Waals surface area (Å²) in [6.07, 6.45) is 0. The SMILES string of the molecule is C=C1c2ccccc2C(=O)N1CC(=O)Oc1ccc(Cl)cc1. The Morgan fingerprint density at radius 3 is 2.36 bits per heavy atom. The first-order chi connectivity index (χ1) is 10.6. The summed E-state index contributed by atoms with van der Waals surface area (Å²) in [7, 11) is 0. The maximum absolute atomic E-state index is 12.3. The average Bonchev–Trinajstić information content (AvgIpc) is 2.75. The van der Waals surface area contributed by atoms with Crippen LogP contribution in [0.3, 0.4) is 0 Å². The van der Waals surface area contributed by atoms with Gasteiger partial charge in [-0.2, -0.15) is 0 Å². The summed E-state index contributed by atoms with van der Waals surface area (Å²) >= 11 is 5.77. The highest BCUT2D eigenvalue weighted by Gasteiger charge is 2.32. The van der Waals surface area contributed by atoms with Gasteiger partial charge in [0.2, 0.25) is 0 Å². The van der Waals surface area contributed by atoms with E-state index in [0.717, 1.165) is 5.56 Å². The average molecular weight is 314 g/mol. The van der Waals surface area contributed by atoms with Crippen LogP contribution in [0.15, 0.2) is 55.1 Å². The minimum atomic E-state index is -0.537. The van der Waals surface area contributed by atoms with Crippen molar-refractivity contribution < 1.29 is 14.3 Å². The second kappa shape index (κ2) is 5.66. The topological polar surface area (TPSA) is 46.6 Å². The summed E-state index contributed by atoms with van der Waals surface area (Å²) in [5.74, 6) is -0.401. The van der Waals surface area contributed by atoms with Crippen molar-refractivity contribution in [2.45, 2.75) is 0 Å². The van der Waals surface area contributed by atoms with E-state index in [1.165, 1.54) is 4.90 Å². The Morgan fingerprint density at radius 1 is 1.09 bits per heavy atom. The van der Waals surface area contributed by atoms with Gasteiger partial charge in [0.05, 0.1) is 0 Å². The number of esters is 1. The standard InChI is InChI=1S/C17H12ClNO3/c1-11-14-4-2-3-5-15(14)17(21)19(11)10-16(20)22-13-8-6-12(18)7-9-13/h2-9H,1,10H2. The quantitative estimate of drug-likeness (QED) is 0.644. The maximum atomic E-state index is 12.3. The summed E-state index contributed by atoms with van der Waals surface area (Å²) in [5.41, 5.74) is 1.80. The Labute approximate surface area is 132 Å². The Morgan fingerprint density at radius 2 is 1.73 bits per heavy atom. The number of rotatable bonds is 3. The molecule has 0 aliphatic carbocycles. The van der Waals surface area contributed by atoms with Crippen LogP contribution in [0.25, 0.3) is 5.70 Å². The third-order valence-corrected chi connectivity index (χ3v) is 3.62. The number of halogens is 1. The largest absolute Gasteiger partial charge is 0.425 e. The van der Waals surface area contributed by atoms with Gasteiger partial charge in [0, 0.05) is 21.8 Å². The number of hydrogen-bond acceptors (Lipinski definition) is 3. The second-order valence-electron chi connectivity index (χ2n) is 4.81. The van der Waals surface area contributed by atoms with Crippen LogP contribution in [0.4, 0.5) is 0 Å². The Hall–Kier alpha value is -2.59. The van der Waals surface area contributed by atoms with Gasteiger partial charge in [-0.25, -0.2) is 4.79 Å². The fourth-order valence-electron chi connectivity index (χ4n) is 2.30. The van der Waals surface area contributed by atoms with Gasteiger partial charge in [-0.05, 0) is 30.3 Å². The lowest BCUT2D eigenvalue weighted by atomic mass is 10.1. The molecular weight excluding hydrogens is 302 g/mol. The zero-order valence-electron chi connectivity index (χ0n) is 11.6. The molecule has 0 N–H and O–H groups in total. The lowest BCUT2D eigenvalue weighted by molar-refractivity contribution is -0.134. The predicted octanol–water partition coefficient (Wildman–Crippen LogP) is 3.37. The zero-order chi connectivity index (χ0) is 15.7. The van der Waals surface area contributed by atoms with E-state index in [4.69, 9.17) is 16.3 Å². The lowest BCUT2D eigenvalue weighted by Crippen LogP contribution is -2.31. The molecule has 5 heteroatoms. The van der Waals surface area contributed by atoms with Crippen LogP contribution in [-0.2, 0) is 4.79 Å². The molecule has 0 saturated carbocycles. The number of benzene rings is 2. The van der Waals surface area contributed by atoms with Gasteiger partial charge >= 0.3 is 5.97 Å². The summed E-state index contributed by atoms with van der Waals surface area (Å²) < 4.78 is 5.19. The summed E-state index contributed by atoms with van der Waals surface area (Å²) in [6.45, 7) is 3.69. The smallest absolute Gasteiger partial charge is 0.331 e. The fourth-order valence-corrected chi connectivity index (χ4v) is 2.42. The Bertz CT molecular complexity index is 733. The van der Waals surface area contributed by atoms with Crippen molar-refractivity contribution >= 4 is 29.2 Å². The molecule has 1 amide bonds. The van der Waals surface area contributed by atoms with Gasteiger partial charge in [-0.1, -0.05) is 36.4 Å². The molecule has 0 aromatic heterocycles. The van der Waals surface area contributed by atoms with E-state index in [1.54, 1.807) is 42.5 Å². The molecule has 22 heavy (non-hydrogen) atoms. The van der Waals surface area contributed by atoms with Gasteiger partial charge in [-0.3, -0.25) is 9.69 Å². The van der Waals surface area contributed by atoms with Crippen molar-refractivity contribution in [1.29, 1.82) is 0 Å². The first-order valence-corrected chi connectivity index (χ1v) is 7.00. The number of ether oxygens (including phenoxy) is 1. The molecule has 1 aliphatic rings. The van der Waals surface area contributed by atoms with Crippen molar-refractivity contribution in [2.24, 2.45) is 0 Å². The normalized spacial score (nSPS) is 13.2. The van der Waals surface area contributed by atoms with Crippen LogP contribution < -0.4 is 4.74 Å². The van der Waals surface area contributed by atoms with Crippen molar-refractivity contribution in [3.8, 4) is 5.75 Å². The number of hydrogen-bond donors (Lipinski definition) is 0. The summed E-state index contributed by atoms with van der Waals surface area (Å²) in [5, 5.41) is 0.554. The van der Waals surface area contributed by atoms with Gasteiger partial charge in [0.25, 0.3) is 5.91 Å². The second-order valence-corrected chi connectivity index (χ2v) is 5.25. The molecule has 2 aromatic carbocycles. The minimum absolute atomic E-state index is 0.186. The third-order valence-electron chi connectivity index (χ3n) is 3.37.